The van der Waals surface area contributed by atoms with Crippen LogP contribution < -0.4 is 0 Å². The molecule has 0 saturated heterocycles. The molecule has 3 rings (SSSR count). The average Bonchev–Trinajstić information content (AvgIpc) is 2.81. The molecule has 0 N–H and O–H groups in total. The number of benzene rings is 1. The van der Waals surface area contributed by atoms with Crippen LogP contribution in [0, 0.1) is 13.8 Å². The lowest BCUT2D eigenvalue weighted by atomic mass is 10.1. The Bertz CT molecular complexity index is 821. The summed E-state index contributed by atoms with van der Waals surface area (Å²) < 4.78 is 1.99. The number of aryl methyl sites for hydroxylation is 2. The summed E-state index contributed by atoms with van der Waals surface area (Å²) in [7, 11) is 0. The molecule has 0 radical (unpaired) electrons. The highest BCUT2D eigenvalue weighted by atomic mass is 35.5. The van der Waals surface area contributed by atoms with Crippen molar-refractivity contribution < 1.29 is 0 Å². The first-order valence-corrected chi connectivity index (χ1v) is 7.32. The number of fused-ring (bicyclic) bond motifs is 1. The lowest BCUT2D eigenvalue weighted by Gasteiger charge is -2.14. The van der Waals surface area contributed by atoms with Crippen LogP contribution in [0.4, 0.5) is 0 Å². The second-order valence-electron chi connectivity index (χ2n) is 5.60. The Morgan fingerprint density at radius 1 is 1.05 bits per heavy atom. The van der Waals surface area contributed by atoms with Crippen LogP contribution in [0.15, 0.2) is 24.8 Å². The number of hydrogen-bond acceptors (Lipinski definition) is 3. The summed E-state index contributed by atoms with van der Waals surface area (Å²) in [6, 6.07) is 4.23. The molecule has 0 atom stereocenters. The van der Waals surface area contributed by atoms with Gasteiger partial charge in [0.15, 0.2) is 0 Å². The normalized spacial score (nSPS) is 11.5. The van der Waals surface area contributed by atoms with Crippen LogP contribution in [0.25, 0.3) is 16.9 Å². The Labute approximate surface area is 128 Å². The molecule has 21 heavy (non-hydrogen) atoms. The summed E-state index contributed by atoms with van der Waals surface area (Å²) in [4.78, 5) is 13.0. The van der Waals surface area contributed by atoms with Crippen molar-refractivity contribution >= 4 is 22.6 Å². The Kier molecular flexibility index (Phi) is 3.41. The molecule has 0 aliphatic carbocycles. The second kappa shape index (κ2) is 5.11. The van der Waals surface area contributed by atoms with Crippen LogP contribution in [0.1, 0.15) is 36.5 Å². The van der Waals surface area contributed by atoms with Crippen LogP contribution >= 0.6 is 11.6 Å². The van der Waals surface area contributed by atoms with Crippen molar-refractivity contribution in [2.45, 2.75) is 33.6 Å². The van der Waals surface area contributed by atoms with Gasteiger partial charge < -0.3 is 0 Å². The molecule has 0 aliphatic heterocycles. The van der Waals surface area contributed by atoms with Crippen molar-refractivity contribution in [2.24, 2.45) is 0 Å². The van der Waals surface area contributed by atoms with E-state index in [0.29, 0.717) is 5.15 Å². The largest absolute Gasteiger partial charge is 0.283 e. The third kappa shape index (κ3) is 2.29. The summed E-state index contributed by atoms with van der Waals surface area (Å²) in [6.45, 7) is 8.36. The Hall–Kier alpha value is -1.94. The second-order valence-corrected chi connectivity index (χ2v) is 5.95. The predicted molar refractivity (Wildman–Crippen MR) is 85.2 cm³/mol. The Morgan fingerprint density at radius 3 is 2.48 bits per heavy atom. The highest BCUT2D eigenvalue weighted by Gasteiger charge is 2.17. The maximum atomic E-state index is 6.26. The van der Waals surface area contributed by atoms with Gasteiger partial charge in [0.25, 0.3) is 0 Å². The van der Waals surface area contributed by atoms with E-state index in [1.807, 2.05) is 4.57 Å². The molecule has 0 saturated carbocycles. The molecule has 108 valence electrons. The van der Waals surface area contributed by atoms with Gasteiger partial charge in [-0.05, 0) is 43.0 Å². The maximum Gasteiger partial charge on any atom is 0.146 e. The van der Waals surface area contributed by atoms with E-state index < -0.39 is 0 Å². The smallest absolute Gasteiger partial charge is 0.146 e. The van der Waals surface area contributed by atoms with E-state index in [4.69, 9.17) is 11.6 Å². The van der Waals surface area contributed by atoms with E-state index in [1.54, 1.807) is 6.33 Å². The van der Waals surface area contributed by atoms with Crippen LogP contribution in [0.3, 0.4) is 0 Å². The monoisotopic (exact) mass is 300 g/mol. The Morgan fingerprint density at radius 2 is 1.76 bits per heavy atom. The van der Waals surface area contributed by atoms with Crippen LogP contribution in [0.2, 0.25) is 5.15 Å². The van der Waals surface area contributed by atoms with E-state index in [0.717, 1.165) is 22.4 Å². The fourth-order valence-electron chi connectivity index (χ4n) is 2.49. The molecule has 2 heterocycles. The van der Waals surface area contributed by atoms with E-state index in [-0.39, 0.29) is 5.92 Å². The standard InChI is InChI=1S/C16H17ClN4/c1-9(2)14-15(17)18-7-19-16(14)21-8-20-12-5-10(3)11(4)6-13(12)21/h5-9H,1-4H3. The Balaban J connectivity index is 2.31. The molecule has 1 aromatic carbocycles. The topological polar surface area (TPSA) is 43.6 Å². The quantitative estimate of drug-likeness (QED) is 0.666. The highest BCUT2D eigenvalue weighted by Crippen LogP contribution is 2.29. The van der Waals surface area contributed by atoms with Crippen LogP contribution in [0.5, 0.6) is 0 Å². The molecular formula is C16H17ClN4. The van der Waals surface area contributed by atoms with Crippen molar-refractivity contribution in [3.05, 3.63) is 46.6 Å². The number of nitrogens with zero attached hydrogens (tertiary/aromatic N) is 4. The van der Waals surface area contributed by atoms with E-state index in [2.05, 4.69) is 54.8 Å². The molecule has 0 fully saturated rings. The van der Waals surface area contributed by atoms with Gasteiger partial charge in [0.1, 0.15) is 23.6 Å². The van der Waals surface area contributed by atoms with Gasteiger partial charge in [-0.1, -0.05) is 25.4 Å². The zero-order valence-corrected chi connectivity index (χ0v) is 13.3. The van der Waals surface area contributed by atoms with Gasteiger partial charge in [-0.15, -0.1) is 0 Å². The third-order valence-electron chi connectivity index (χ3n) is 3.78. The van der Waals surface area contributed by atoms with Gasteiger partial charge in [-0.2, -0.15) is 0 Å². The highest BCUT2D eigenvalue weighted by molar-refractivity contribution is 6.30. The molecular weight excluding hydrogens is 284 g/mol. The van der Waals surface area contributed by atoms with Crippen molar-refractivity contribution in [1.82, 2.24) is 19.5 Å². The maximum absolute atomic E-state index is 6.26. The first kappa shape index (κ1) is 14.0. The first-order chi connectivity index (χ1) is 9.99. The molecule has 0 unspecified atom stereocenters. The lowest BCUT2D eigenvalue weighted by Crippen LogP contribution is -2.05. The molecule has 4 nitrogen and oxygen atoms in total. The molecule has 5 heteroatoms. The van der Waals surface area contributed by atoms with Gasteiger partial charge in [-0.3, -0.25) is 4.57 Å². The molecule has 2 aromatic heterocycles. The van der Waals surface area contributed by atoms with Crippen molar-refractivity contribution in [2.75, 3.05) is 0 Å². The average molecular weight is 301 g/mol. The van der Waals surface area contributed by atoms with E-state index in [9.17, 15) is 0 Å². The van der Waals surface area contributed by atoms with Crippen molar-refractivity contribution in [3.63, 3.8) is 0 Å². The van der Waals surface area contributed by atoms with E-state index >= 15 is 0 Å². The van der Waals surface area contributed by atoms with Crippen molar-refractivity contribution in [3.8, 4) is 5.82 Å². The molecule has 0 bridgehead atoms. The van der Waals surface area contributed by atoms with Crippen LogP contribution in [-0.2, 0) is 0 Å². The summed E-state index contributed by atoms with van der Waals surface area (Å²) in [6.07, 6.45) is 3.30. The van der Waals surface area contributed by atoms with Gasteiger partial charge >= 0.3 is 0 Å². The van der Waals surface area contributed by atoms with Crippen LogP contribution in [-0.4, -0.2) is 19.5 Å². The summed E-state index contributed by atoms with van der Waals surface area (Å²) in [5.74, 6) is 1.04. The molecule has 0 spiro atoms. The van der Waals surface area contributed by atoms with Gasteiger partial charge in [0, 0.05) is 5.56 Å². The van der Waals surface area contributed by atoms with Crippen molar-refractivity contribution in [1.29, 1.82) is 0 Å². The number of rotatable bonds is 2. The minimum atomic E-state index is 0.234. The fraction of sp³-hybridized carbons (Fsp3) is 0.312. The lowest BCUT2D eigenvalue weighted by molar-refractivity contribution is 0.820. The summed E-state index contributed by atoms with van der Waals surface area (Å²) in [5.41, 5.74) is 5.40. The number of hydrogen-bond donors (Lipinski definition) is 0. The third-order valence-corrected chi connectivity index (χ3v) is 4.08. The zero-order valence-electron chi connectivity index (χ0n) is 12.6. The minimum absolute atomic E-state index is 0.234. The molecule has 0 aliphatic rings. The zero-order chi connectivity index (χ0) is 15.1. The summed E-state index contributed by atoms with van der Waals surface area (Å²) >= 11 is 6.26. The minimum Gasteiger partial charge on any atom is -0.283 e. The first-order valence-electron chi connectivity index (χ1n) is 6.94. The molecule has 3 aromatic rings. The number of halogens is 1. The van der Waals surface area contributed by atoms with Gasteiger partial charge in [0.2, 0.25) is 0 Å². The summed E-state index contributed by atoms with van der Waals surface area (Å²) in [5, 5.41) is 0.501. The number of imidazole rings is 1. The fourth-order valence-corrected chi connectivity index (χ4v) is 2.83. The predicted octanol–water partition coefficient (Wildman–Crippen LogP) is 4.21. The van der Waals surface area contributed by atoms with Gasteiger partial charge in [-0.25, -0.2) is 15.0 Å². The molecule has 0 amide bonds. The SMILES string of the molecule is Cc1cc2ncn(-c3ncnc(Cl)c3C(C)C)c2cc1C. The number of aromatic nitrogens is 4. The van der Waals surface area contributed by atoms with E-state index in [1.165, 1.54) is 17.5 Å². The van der Waals surface area contributed by atoms with Gasteiger partial charge in [0.05, 0.1) is 11.0 Å².